The number of halogens is 1. The highest BCUT2D eigenvalue weighted by Crippen LogP contribution is 2.28. The molecule has 0 radical (unpaired) electrons. The van der Waals surface area contributed by atoms with Crippen molar-refractivity contribution in [3.05, 3.63) is 124 Å². The van der Waals surface area contributed by atoms with Gasteiger partial charge in [-0.2, -0.15) is 0 Å². The highest BCUT2D eigenvalue weighted by atomic mass is 79.9. The molecule has 4 aromatic rings. The van der Waals surface area contributed by atoms with E-state index in [1.807, 2.05) is 61.5 Å². The Morgan fingerprint density at radius 2 is 1.51 bits per heavy atom. The van der Waals surface area contributed by atoms with E-state index in [0.29, 0.717) is 11.4 Å². The number of carbonyl (C=O) groups is 2. The fourth-order valence-corrected chi connectivity index (χ4v) is 7.50. The van der Waals surface area contributed by atoms with Crippen molar-refractivity contribution in [2.24, 2.45) is 0 Å². The molecule has 0 saturated heterocycles. The Morgan fingerprint density at radius 1 is 0.872 bits per heavy atom. The van der Waals surface area contributed by atoms with Gasteiger partial charge in [-0.25, -0.2) is 8.42 Å². The largest absolute Gasteiger partial charge is 0.497 e. The van der Waals surface area contributed by atoms with Crippen molar-refractivity contribution in [3.63, 3.8) is 0 Å². The lowest BCUT2D eigenvalue weighted by Gasteiger charge is -2.34. The number of hydrogen-bond donors (Lipinski definition) is 1. The van der Waals surface area contributed by atoms with Gasteiger partial charge < -0.3 is 15.0 Å². The number of anilines is 1. The number of ether oxygens (including phenoxy) is 1. The summed E-state index contributed by atoms with van der Waals surface area (Å²) in [4.78, 5) is 30.3. The van der Waals surface area contributed by atoms with Crippen LogP contribution in [0.5, 0.6) is 5.75 Å². The van der Waals surface area contributed by atoms with Gasteiger partial charge in [-0.15, -0.1) is 0 Å². The van der Waals surface area contributed by atoms with Gasteiger partial charge >= 0.3 is 0 Å². The quantitative estimate of drug-likeness (QED) is 0.167. The third kappa shape index (κ3) is 8.81. The number of carbonyl (C=O) groups excluding carboxylic acids is 2. The van der Waals surface area contributed by atoms with Gasteiger partial charge in [-0.1, -0.05) is 88.9 Å². The Balaban J connectivity index is 1.56. The molecule has 1 aliphatic rings. The Kier molecular flexibility index (Phi) is 11.4. The summed E-state index contributed by atoms with van der Waals surface area (Å²) in [6, 6.07) is 29.4. The monoisotopic (exact) mass is 717 g/mol. The van der Waals surface area contributed by atoms with Crippen molar-refractivity contribution in [3.8, 4) is 5.75 Å². The summed E-state index contributed by atoms with van der Waals surface area (Å²) in [7, 11) is -2.65. The second-order valence-electron chi connectivity index (χ2n) is 11.9. The van der Waals surface area contributed by atoms with E-state index in [1.54, 1.807) is 48.5 Å². The number of nitrogens with one attached hydrogen (secondary N) is 1. The van der Waals surface area contributed by atoms with Crippen LogP contribution in [0.2, 0.25) is 0 Å². The zero-order valence-electron chi connectivity index (χ0n) is 26.6. The van der Waals surface area contributed by atoms with Crippen molar-refractivity contribution in [1.82, 2.24) is 10.2 Å². The molecule has 47 heavy (non-hydrogen) atoms. The van der Waals surface area contributed by atoms with Crippen LogP contribution in [-0.2, 0) is 32.6 Å². The highest BCUT2D eigenvalue weighted by molar-refractivity contribution is 9.10. The van der Waals surface area contributed by atoms with Crippen molar-refractivity contribution in [2.75, 3.05) is 18.0 Å². The van der Waals surface area contributed by atoms with Gasteiger partial charge in [-0.3, -0.25) is 13.9 Å². The maximum atomic E-state index is 14.6. The molecule has 2 amide bonds. The molecule has 5 rings (SSSR count). The van der Waals surface area contributed by atoms with E-state index < -0.39 is 28.5 Å². The lowest BCUT2D eigenvalue weighted by atomic mass is 10.0. The number of methoxy groups -OCH3 is 1. The molecule has 1 unspecified atom stereocenters. The van der Waals surface area contributed by atoms with Gasteiger partial charge in [0.1, 0.15) is 18.3 Å². The fourth-order valence-electron chi connectivity index (χ4n) is 5.82. The molecule has 0 heterocycles. The molecular weight excluding hydrogens is 678 g/mol. The number of amides is 2. The van der Waals surface area contributed by atoms with Crippen LogP contribution in [0.25, 0.3) is 0 Å². The maximum Gasteiger partial charge on any atom is 0.264 e. The standard InChI is InChI=1S/C37H40BrN3O5S/c1-27-12-22-34(23-13-27)47(44,45)41(32-18-20-33(46-2)21-19-32)26-36(42)40(25-29-14-16-30(38)17-15-29)35(24-28-8-4-3-5-9-28)37(43)39-31-10-6-7-11-31/h3-5,8-9,12-23,31,35H,6-7,10-11,24-26H2,1-2H3,(H,39,43). The van der Waals surface area contributed by atoms with E-state index in [0.717, 1.165) is 51.2 Å². The minimum absolute atomic E-state index is 0.0446. The van der Waals surface area contributed by atoms with Crippen molar-refractivity contribution >= 4 is 43.5 Å². The molecule has 1 atom stereocenters. The predicted molar refractivity (Wildman–Crippen MR) is 188 cm³/mol. The molecule has 8 nitrogen and oxygen atoms in total. The van der Waals surface area contributed by atoms with Gasteiger partial charge in [0.25, 0.3) is 10.0 Å². The molecule has 1 saturated carbocycles. The smallest absolute Gasteiger partial charge is 0.264 e. The molecule has 0 aromatic heterocycles. The minimum atomic E-state index is -4.18. The second kappa shape index (κ2) is 15.6. The molecule has 10 heteroatoms. The summed E-state index contributed by atoms with van der Waals surface area (Å²) in [6.07, 6.45) is 4.15. The van der Waals surface area contributed by atoms with Gasteiger partial charge in [-0.05, 0) is 79.4 Å². The molecule has 1 aliphatic carbocycles. The summed E-state index contributed by atoms with van der Waals surface area (Å²) < 4.78 is 35.7. The van der Waals surface area contributed by atoms with Gasteiger partial charge in [0.2, 0.25) is 11.8 Å². The molecule has 246 valence electrons. The molecule has 0 aliphatic heterocycles. The molecular formula is C37H40BrN3O5S. The second-order valence-corrected chi connectivity index (χ2v) is 14.6. The molecule has 1 fully saturated rings. The van der Waals surface area contributed by atoms with Crippen LogP contribution in [0.15, 0.2) is 112 Å². The van der Waals surface area contributed by atoms with E-state index >= 15 is 0 Å². The van der Waals surface area contributed by atoms with E-state index in [-0.39, 0.29) is 29.8 Å². The lowest BCUT2D eigenvalue weighted by Crippen LogP contribution is -2.54. The molecule has 1 N–H and O–H groups in total. The number of sulfonamides is 1. The van der Waals surface area contributed by atoms with Gasteiger partial charge in [0, 0.05) is 23.5 Å². The van der Waals surface area contributed by atoms with Crippen LogP contribution in [0.3, 0.4) is 0 Å². The zero-order valence-corrected chi connectivity index (χ0v) is 29.0. The van der Waals surface area contributed by atoms with Crippen molar-refractivity contribution in [1.29, 1.82) is 0 Å². The summed E-state index contributed by atoms with van der Waals surface area (Å²) in [5.74, 6) is -0.193. The van der Waals surface area contributed by atoms with Crippen LogP contribution in [0, 0.1) is 6.92 Å². The first-order valence-electron chi connectivity index (χ1n) is 15.8. The molecule has 0 spiro atoms. The maximum absolute atomic E-state index is 14.6. The molecule has 0 bridgehead atoms. The van der Waals surface area contributed by atoms with Crippen LogP contribution >= 0.6 is 15.9 Å². The minimum Gasteiger partial charge on any atom is -0.497 e. The number of aryl methyl sites for hydroxylation is 1. The van der Waals surface area contributed by atoms with E-state index in [1.165, 1.54) is 12.0 Å². The zero-order chi connectivity index (χ0) is 33.4. The third-order valence-corrected chi connectivity index (χ3v) is 10.8. The average Bonchev–Trinajstić information content (AvgIpc) is 3.59. The van der Waals surface area contributed by atoms with Gasteiger partial charge in [0.15, 0.2) is 0 Å². The van der Waals surface area contributed by atoms with Crippen LogP contribution < -0.4 is 14.4 Å². The number of nitrogens with zero attached hydrogens (tertiary/aromatic N) is 2. The fraction of sp³-hybridized carbons (Fsp3) is 0.297. The first-order chi connectivity index (χ1) is 22.6. The first kappa shape index (κ1) is 34.2. The average molecular weight is 719 g/mol. The Hall–Kier alpha value is -4.15. The summed E-state index contributed by atoms with van der Waals surface area (Å²) in [5.41, 5.74) is 2.92. The molecule has 4 aromatic carbocycles. The SMILES string of the molecule is COc1ccc(N(CC(=O)N(Cc2ccc(Br)cc2)C(Cc2ccccc2)C(=O)NC2CCCC2)S(=O)(=O)c2ccc(C)cc2)cc1. The van der Waals surface area contributed by atoms with E-state index in [9.17, 15) is 18.0 Å². The van der Waals surface area contributed by atoms with Crippen LogP contribution in [0.4, 0.5) is 5.69 Å². The normalized spacial score (nSPS) is 13.9. The van der Waals surface area contributed by atoms with E-state index in [2.05, 4.69) is 21.2 Å². The first-order valence-corrected chi connectivity index (χ1v) is 18.0. The predicted octanol–water partition coefficient (Wildman–Crippen LogP) is 6.66. The topological polar surface area (TPSA) is 96.0 Å². The summed E-state index contributed by atoms with van der Waals surface area (Å²) >= 11 is 3.48. The van der Waals surface area contributed by atoms with Crippen LogP contribution in [0.1, 0.15) is 42.4 Å². The third-order valence-electron chi connectivity index (χ3n) is 8.49. The lowest BCUT2D eigenvalue weighted by molar-refractivity contribution is -0.140. The number of rotatable bonds is 13. The summed E-state index contributed by atoms with van der Waals surface area (Å²) in [5, 5.41) is 3.20. The number of benzene rings is 4. The Bertz CT molecular complexity index is 1740. The number of hydrogen-bond acceptors (Lipinski definition) is 5. The Morgan fingerprint density at radius 3 is 2.13 bits per heavy atom. The highest BCUT2D eigenvalue weighted by Gasteiger charge is 2.35. The van der Waals surface area contributed by atoms with Crippen LogP contribution in [-0.4, -0.2) is 50.9 Å². The van der Waals surface area contributed by atoms with Crippen molar-refractivity contribution < 1.29 is 22.7 Å². The van der Waals surface area contributed by atoms with Crippen molar-refractivity contribution in [2.45, 2.75) is 62.6 Å². The Labute approximate surface area is 285 Å². The van der Waals surface area contributed by atoms with Gasteiger partial charge in [0.05, 0.1) is 17.7 Å². The van der Waals surface area contributed by atoms with E-state index in [4.69, 9.17) is 4.74 Å². The summed E-state index contributed by atoms with van der Waals surface area (Å²) in [6.45, 7) is 1.48.